The smallest absolute Gasteiger partial charge is 0.164 e. The number of hydrogen-bond donors (Lipinski definition) is 1. The summed E-state index contributed by atoms with van der Waals surface area (Å²) >= 11 is 0. The molecule has 146 valence electrons. The minimum absolute atomic E-state index is 0.123. The molecule has 0 bridgehead atoms. The van der Waals surface area contributed by atoms with Crippen LogP contribution in [0.2, 0.25) is 0 Å². The maximum Gasteiger partial charge on any atom is 0.164 e. The maximum absolute atomic E-state index is 9.18. The van der Waals surface area contributed by atoms with Crippen molar-refractivity contribution in [3.8, 4) is 0 Å². The lowest BCUT2D eigenvalue weighted by Crippen LogP contribution is -2.47. The second-order valence-corrected chi connectivity index (χ2v) is 8.44. The van der Waals surface area contributed by atoms with Gasteiger partial charge in [0.2, 0.25) is 0 Å². The maximum atomic E-state index is 9.18. The van der Waals surface area contributed by atoms with E-state index in [0.717, 1.165) is 0 Å². The molecule has 0 amide bonds. The SMILES string of the molecule is CC1(C)O[C@H]([C@H]2OC(C)(C)O[C@H]2CCCO)[C@@H]([C@H]2COC(C)(C)O2)O1. The zero-order valence-corrected chi connectivity index (χ0v) is 16.1. The molecule has 7 heteroatoms. The average Bonchev–Trinajstić information content (AvgIpc) is 3.09. The van der Waals surface area contributed by atoms with E-state index in [4.69, 9.17) is 28.4 Å². The van der Waals surface area contributed by atoms with Crippen molar-refractivity contribution in [3.63, 3.8) is 0 Å². The van der Waals surface area contributed by atoms with Crippen LogP contribution in [0.15, 0.2) is 0 Å². The molecule has 25 heavy (non-hydrogen) atoms. The van der Waals surface area contributed by atoms with E-state index in [1.165, 1.54) is 0 Å². The lowest BCUT2D eigenvalue weighted by atomic mass is 9.97. The molecule has 3 rings (SSSR count). The third-order valence-electron chi connectivity index (χ3n) is 4.75. The van der Waals surface area contributed by atoms with Gasteiger partial charge in [-0.2, -0.15) is 0 Å². The molecule has 7 nitrogen and oxygen atoms in total. The Labute approximate surface area is 149 Å². The molecule has 0 aromatic heterocycles. The van der Waals surface area contributed by atoms with E-state index < -0.39 is 17.4 Å². The highest BCUT2D eigenvalue weighted by molar-refractivity contribution is 4.99. The Morgan fingerprint density at radius 1 is 0.760 bits per heavy atom. The highest BCUT2D eigenvalue weighted by atomic mass is 16.8. The minimum Gasteiger partial charge on any atom is -0.396 e. The summed E-state index contributed by atoms with van der Waals surface area (Å²) in [6.07, 6.45) is 0.0262. The second kappa shape index (κ2) is 6.71. The number of aliphatic hydroxyl groups excluding tert-OH is 1. The van der Waals surface area contributed by atoms with E-state index in [1.54, 1.807) is 0 Å². The minimum atomic E-state index is -0.733. The number of rotatable bonds is 5. The van der Waals surface area contributed by atoms with Crippen LogP contribution in [0.5, 0.6) is 0 Å². The summed E-state index contributed by atoms with van der Waals surface area (Å²) in [7, 11) is 0. The molecule has 0 aliphatic carbocycles. The van der Waals surface area contributed by atoms with Crippen molar-refractivity contribution in [1.82, 2.24) is 0 Å². The van der Waals surface area contributed by atoms with Gasteiger partial charge in [-0.15, -0.1) is 0 Å². The van der Waals surface area contributed by atoms with Gasteiger partial charge in [0.25, 0.3) is 0 Å². The molecular weight excluding hydrogens is 328 g/mol. The van der Waals surface area contributed by atoms with Crippen molar-refractivity contribution in [2.45, 2.75) is 102 Å². The van der Waals surface area contributed by atoms with Gasteiger partial charge in [-0.05, 0) is 54.4 Å². The Morgan fingerprint density at radius 3 is 1.96 bits per heavy atom. The summed E-state index contributed by atoms with van der Waals surface area (Å²) < 4.78 is 36.3. The van der Waals surface area contributed by atoms with Crippen LogP contribution in [0.3, 0.4) is 0 Å². The number of ether oxygens (including phenoxy) is 6. The fourth-order valence-electron chi connectivity index (χ4n) is 3.89. The summed E-state index contributed by atoms with van der Waals surface area (Å²) in [5.41, 5.74) is 0. The molecule has 5 atom stereocenters. The molecule has 0 aromatic carbocycles. The molecule has 3 fully saturated rings. The van der Waals surface area contributed by atoms with Crippen molar-refractivity contribution in [2.24, 2.45) is 0 Å². The second-order valence-electron chi connectivity index (χ2n) is 8.44. The highest BCUT2D eigenvalue weighted by Crippen LogP contribution is 2.42. The van der Waals surface area contributed by atoms with Gasteiger partial charge in [0.05, 0.1) is 12.7 Å². The van der Waals surface area contributed by atoms with Gasteiger partial charge in [0, 0.05) is 6.61 Å². The first kappa shape index (κ1) is 19.5. The average molecular weight is 360 g/mol. The van der Waals surface area contributed by atoms with Gasteiger partial charge in [-0.25, -0.2) is 0 Å². The highest BCUT2D eigenvalue weighted by Gasteiger charge is 2.57. The van der Waals surface area contributed by atoms with Crippen LogP contribution in [0, 0.1) is 0 Å². The molecule has 3 aliphatic heterocycles. The molecule has 0 unspecified atom stereocenters. The Bertz CT molecular complexity index is 476. The lowest BCUT2D eigenvalue weighted by Gasteiger charge is -2.28. The fourth-order valence-corrected chi connectivity index (χ4v) is 3.89. The predicted octanol–water partition coefficient (Wildman–Crippen LogP) is 1.95. The van der Waals surface area contributed by atoms with Crippen molar-refractivity contribution in [2.75, 3.05) is 13.2 Å². The van der Waals surface area contributed by atoms with Crippen LogP contribution in [-0.4, -0.2) is 66.2 Å². The van der Waals surface area contributed by atoms with Gasteiger partial charge in [0.15, 0.2) is 17.4 Å². The van der Waals surface area contributed by atoms with E-state index in [0.29, 0.717) is 19.4 Å². The van der Waals surface area contributed by atoms with Crippen molar-refractivity contribution in [3.05, 3.63) is 0 Å². The largest absolute Gasteiger partial charge is 0.396 e. The van der Waals surface area contributed by atoms with E-state index in [9.17, 15) is 5.11 Å². The van der Waals surface area contributed by atoms with Crippen LogP contribution in [-0.2, 0) is 28.4 Å². The summed E-state index contributed by atoms with van der Waals surface area (Å²) in [6.45, 7) is 11.9. The third kappa shape index (κ3) is 4.35. The molecule has 0 spiro atoms. The summed E-state index contributed by atoms with van der Waals surface area (Å²) in [5, 5.41) is 9.18. The molecule has 0 radical (unpaired) electrons. The van der Waals surface area contributed by atoms with E-state index in [2.05, 4.69) is 0 Å². The van der Waals surface area contributed by atoms with Gasteiger partial charge in [0.1, 0.15) is 24.4 Å². The van der Waals surface area contributed by atoms with Crippen LogP contribution >= 0.6 is 0 Å². The first-order chi connectivity index (χ1) is 11.5. The zero-order valence-electron chi connectivity index (χ0n) is 16.1. The first-order valence-electron chi connectivity index (χ1n) is 9.16. The Morgan fingerprint density at radius 2 is 1.36 bits per heavy atom. The van der Waals surface area contributed by atoms with Crippen LogP contribution < -0.4 is 0 Å². The van der Waals surface area contributed by atoms with Gasteiger partial charge < -0.3 is 33.5 Å². The molecule has 0 saturated carbocycles. The summed E-state index contributed by atoms with van der Waals surface area (Å²) in [5.74, 6) is -2.06. The Balaban J connectivity index is 1.79. The third-order valence-corrected chi connectivity index (χ3v) is 4.75. The quantitative estimate of drug-likeness (QED) is 0.803. The number of aliphatic hydroxyl groups is 1. The fraction of sp³-hybridized carbons (Fsp3) is 1.00. The first-order valence-corrected chi connectivity index (χ1v) is 9.16. The molecule has 0 aromatic rings. The normalized spacial score (nSPS) is 42.1. The summed E-state index contributed by atoms with van der Waals surface area (Å²) in [6, 6.07) is 0. The topological polar surface area (TPSA) is 75.6 Å². The van der Waals surface area contributed by atoms with Crippen molar-refractivity contribution >= 4 is 0 Å². The van der Waals surface area contributed by atoms with Crippen molar-refractivity contribution < 1.29 is 33.5 Å². The zero-order chi connectivity index (χ0) is 18.5. The van der Waals surface area contributed by atoms with Crippen LogP contribution in [0.1, 0.15) is 54.4 Å². The molecular formula is C18H32O7. The molecule has 3 heterocycles. The summed E-state index contributed by atoms with van der Waals surface area (Å²) in [4.78, 5) is 0. The molecule has 3 aliphatic rings. The van der Waals surface area contributed by atoms with Crippen LogP contribution in [0.4, 0.5) is 0 Å². The standard InChI is InChI=1S/C18H32O7/c1-16(2)20-10-12(22-16)14-15(25-18(5,6)24-14)13-11(8-7-9-19)21-17(3,4)23-13/h11-15,19H,7-10H2,1-6H3/t11-,12+,13-,14+,15+/m0/s1. The van der Waals surface area contributed by atoms with E-state index >= 15 is 0 Å². The van der Waals surface area contributed by atoms with E-state index in [-0.39, 0.29) is 37.1 Å². The predicted molar refractivity (Wildman–Crippen MR) is 88.9 cm³/mol. The lowest BCUT2D eigenvalue weighted by molar-refractivity contribution is -0.178. The Kier molecular flexibility index (Phi) is 5.23. The molecule has 3 saturated heterocycles. The Hall–Kier alpha value is -0.280. The monoisotopic (exact) mass is 360 g/mol. The number of hydrogen-bond acceptors (Lipinski definition) is 7. The van der Waals surface area contributed by atoms with E-state index in [1.807, 2.05) is 41.5 Å². The van der Waals surface area contributed by atoms with Gasteiger partial charge in [-0.3, -0.25) is 0 Å². The molecule has 1 N–H and O–H groups in total. The van der Waals surface area contributed by atoms with Gasteiger partial charge >= 0.3 is 0 Å². The van der Waals surface area contributed by atoms with Crippen LogP contribution in [0.25, 0.3) is 0 Å². The van der Waals surface area contributed by atoms with Crippen molar-refractivity contribution in [1.29, 1.82) is 0 Å². The van der Waals surface area contributed by atoms with Gasteiger partial charge in [-0.1, -0.05) is 0 Å².